The molecule has 0 rings (SSSR count). The summed E-state index contributed by atoms with van der Waals surface area (Å²) in [4.78, 5) is 2.05. The van der Waals surface area contributed by atoms with Crippen molar-refractivity contribution in [1.82, 2.24) is 4.90 Å². The van der Waals surface area contributed by atoms with Crippen molar-refractivity contribution in [3.63, 3.8) is 0 Å². The first-order valence-corrected chi connectivity index (χ1v) is 8.22. The van der Waals surface area contributed by atoms with Crippen LogP contribution in [0.2, 0.25) is 6.04 Å². The van der Waals surface area contributed by atoms with E-state index in [1.165, 1.54) is 0 Å². The number of hydrogen-bond donors (Lipinski definition) is 2. The molecule has 0 saturated carbocycles. The molecule has 0 aromatic carbocycles. The Morgan fingerprint density at radius 3 is 2.17 bits per heavy atom. The van der Waals surface area contributed by atoms with Crippen molar-refractivity contribution < 1.29 is 23.5 Å². The summed E-state index contributed by atoms with van der Waals surface area (Å²) in [6.45, 7) is 2.26. The minimum atomic E-state index is -2.57. The van der Waals surface area contributed by atoms with Gasteiger partial charge in [-0.25, -0.2) is 0 Å². The van der Waals surface area contributed by atoms with Crippen LogP contribution in [0.25, 0.3) is 0 Å². The fourth-order valence-corrected chi connectivity index (χ4v) is 3.62. The van der Waals surface area contributed by atoms with Crippen LogP contribution in [0.1, 0.15) is 12.8 Å². The summed E-state index contributed by atoms with van der Waals surface area (Å²) < 4.78 is 16.5. The van der Waals surface area contributed by atoms with Crippen LogP contribution in [0.5, 0.6) is 0 Å². The van der Waals surface area contributed by atoms with Crippen LogP contribution in [0.15, 0.2) is 0 Å². The van der Waals surface area contributed by atoms with Gasteiger partial charge in [0, 0.05) is 40.0 Å². The first-order chi connectivity index (χ1) is 8.64. The lowest BCUT2D eigenvalue weighted by Gasteiger charge is -2.27. The van der Waals surface area contributed by atoms with Crippen LogP contribution in [0, 0.1) is 0 Å². The molecule has 110 valence electrons. The summed E-state index contributed by atoms with van der Waals surface area (Å²) in [5.41, 5.74) is 0. The number of likely N-dealkylation sites (N-methyl/N-ethyl adjacent to an activating group) is 1. The molecule has 0 aromatic rings. The molecule has 0 saturated heterocycles. The average Bonchev–Trinajstić information content (AvgIpc) is 2.37. The number of rotatable bonds is 12. The zero-order valence-corrected chi connectivity index (χ0v) is 12.7. The predicted molar refractivity (Wildman–Crippen MR) is 71.4 cm³/mol. The van der Waals surface area contributed by atoms with E-state index in [1.54, 1.807) is 14.2 Å². The van der Waals surface area contributed by atoms with Gasteiger partial charge in [0.2, 0.25) is 0 Å². The summed E-state index contributed by atoms with van der Waals surface area (Å²) in [6.07, 6.45) is 1.48. The molecule has 0 bridgehead atoms. The molecule has 0 aromatic heterocycles. The third-order valence-corrected chi connectivity index (χ3v) is 5.60. The normalized spacial score (nSPS) is 12.3. The molecular formula is C11H27NO5Si. The lowest BCUT2D eigenvalue weighted by atomic mass is 10.4. The van der Waals surface area contributed by atoms with Crippen molar-refractivity contribution in [2.75, 3.05) is 54.2 Å². The van der Waals surface area contributed by atoms with Crippen LogP contribution >= 0.6 is 0 Å². The van der Waals surface area contributed by atoms with Gasteiger partial charge in [-0.3, -0.25) is 0 Å². The second-order valence-corrected chi connectivity index (χ2v) is 7.12. The van der Waals surface area contributed by atoms with Crippen molar-refractivity contribution in [2.24, 2.45) is 0 Å². The van der Waals surface area contributed by atoms with Crippen molar-refractivity contribution in [2.45, 2.75) is 18.9 Å². The lowest BCUT2D eigenvalue weighted by Crippen LogP contribution is -2.44. The lowest BCUT2D eigenvalue weighted by molar-refractivity contribution is 0.0895. The molecule has 0 aliphatic rings. The van der Waals surface area contributed by atoms with E-state index in [0.717, 1.165) is 19.0 Å². The van der Waals surface area contributed by atoms with Crippen molar-refractivity contribution in [3.05, 3.63) is 0 Å². The van der Waals surface area contributed by atoms with Gasteiger partial charge in [-0.2, -0.15) is 0 Å². The third-order valence-electron chi connectivity index (χ3n) is 2.75. The van der Waals surface area contributed by atoms with Gasteiger partial charge in [0.05, 0.1) is 6.61 Å². The number of hydrogen-bond acceptors (Lipinski definition) is 6. The highest BCUT2D eigenvalue weighted by Gasteiger charge is 2.38. The fourth-order valence-electron chi connectivity index (χ4n) is 1.62. The first-order valence-electron chi connectivity index (χ1n) is 6.28. The minimum absolute atomic E-state index is 0.108. The van der Waals surface area contributed by atoms with Gasteiger partial charge in [-0.05, 0) is 26.4 Å². The van der Waals surface area contributed by atoms with E-state index in [9.17, 15) is 0 Å². The number of aliphatic hydroxyl groups is 2. The van der Waals surface area contributed by atoms with Crippen LogP contribution in [-0.4, -0.2) is 78.1 Å². The molecule has 6 nitrogen and oxygen atoms in total. The van der Waals surface area contributed by atoms with Crippen molar-refractivity contribution in [3.8, 4) is 0 Å². The van der Waals surface area contributed by atoms with E-state index < -0.39 is 8.80 Å². The van der Waals surface area contributed by atoms with Gasteiger partial charge in [0.25, 0.3) is 0 Å². The third kappa shape index (κ3) is 7.42. The Bertz CT molecular complexity index is 192. The fraction of sp³-hybridized carbons (Fsp3) is 1.00. The van der Waals surface area contributed by atoms with Crippen LogP contribution < -0.4 is 0 Å². The largest absolute Gasteiger partial charge is 0.500 e. The molecule has 0 amide bonds. The van der Waals surface area contributed by atoms with E-state index >= 15 is 0 Å². The highest BCUT2D eigenvalue weighted by Crippen LogP contribution is 2.16. The molecule has 2 N–H and O–H groups in total. The predicted octanol–water partition coefficient (Wildman–Crippen LogP) is -0.0687. The molecule has 18 heavy (non-hydrogen) atoms. The second-order valence-electron chi connectivity index (χ2n) is 4.15. The maximum Gasteiger partial charge on any atom is 0.500 e. The SMILES string of the molecule is CO[Si](CCCN(C)CCO)(OC)OCCCO. The van der Waals surface area contributed by atoms with Gasteiger partial charge in [-0.1, -0.05) is 0 Å². The molecule has 0 heterocycles. The standard InChI is InChI=1S/C11H27NO5Si/c1-12(7-9-14)6-4-11-18(15-2,16-3)17-10-5-8-13/h13-14H,4-11H2,1-3H3. The van der Waals surface area contributed by atoms with E-state index in [2.05, 4.69) is 4.90 Å². The summed E-state index contributed by atoms with van der Waals surface area (Å²) >= 11 is 0. The monoisotopic (exact) mass is 281 g/mol. The Morgan fingerprint density at radius 1 is 1.00 bits per heavy atom. The Hall–Kier alpha value is -0.0231. The summed E-state index contributed by atoms with van der Waals surface area (Å²) in [5, 5.41) is 17.5. The molecule has 0 aliphatic heterocycles. The summed E-state index contributed by atoms with van der Waals surface area (Å²) in [7, 11) is 2.60. The van der Waals surface area contributed by atoms with Gasteiger partial charge in [-0.15, -0.1) is 0 Å². The summed E-state index contributed by atoms with van der Waals surface area (Å²) in [6, 6.07) is 0.737. The van der Waals surface area contributed by atoms with Crippen molar-refractivity contribution >= 4 is 8.80 Å². The highest BCUT2D eigenvalue weighted by molar-refractivity contribution is 6.60. The molecule has 0 radical (unpaired) electrons. The van der Waals surface area contributed by atoms with Crippen molar-refractivity contribution in [1.29, 1.82) is 0 Å². The maximum absolute atomic E-state index is 8.80. The molecule has 0 unspecified atom stereocenters. The second kappa shape index (κ2) is 10.9. The van der Waals surface area contributed by atoms with Crippen LogP contribution in [0.3, 0.4) is 0 Å². The zero-order valence-electron chi connectivity index (χ0n) is 11.7. The van der Waals surface area contributed by atoms with Gasteiger partial charge >= 0.3 is 8.80 Å². The quantitative estimate of drug-likeness (QED) is 0.385. The first kappa shape index (κ1) is 18.0. The van der Waals surface area contributed by atoms with E-state index in [1.807, 2.05) is 7.05 Å². The Kier molecular flexibility index (Phi) is 10.8. The van der Waals surface area contributed by atoms with E-state index in [-0.39, 0.29) is 13.2 Å². The highest BCUT2D eigenvalue weighted by atomic mass is 28.4. The topological polar surface area (TPSA) is 71.4 Å². The molecule has 0 aliphatic carbocycles. The van der Waals surface area contributed by atoms with Gasteiger partial charge in [0.15, 0.2) is 0 Å². The number of aliphatic hydroxyl groups excluding tert-OH is 2. The number of nitrogens with zero attached hydrogens (tertiary/aromatic N) is 1. The van der Waals surface area contributed by atoms with Gasteiger partial charge < -0.3 is 28.4 Å². The zero-order chi connectivity index (χ0) is 13.9. The van der Waals surface area contributed by atoms with E-state index in [4.69, 9.17) is 23.5 Å². The molecular weight excluding hydrogens is 254 g/mol. The van der Waals surface area contributed by atoms with Crippen LogP contribution in [-0.2, 0) is 13.3 Å². The molecule has 7 heteroatoms. The Morgan fingerprint density at radius 2 is 1.67 bits per heavy atom. The minimum Gasteiger partial charge on any atom is -0.396 e. The molecule has 0 fully saturated rings. The maximum atomic E-state index is 8.80. The van der Waals surface area contributed by atoms with E-state index in [0.29, 0.717) is 19.6 Å². The Labute approximate surface area is 111 Å². The van der Waals surface area contributed by atoms with Crippen LogP contribution in [0.4, 0.5) is 0 Å². The average molecular weight is 281 g/mol. The molecule has 0 atom stereocenters. The molecule has 0 spiro atoms. The smallest absolute Gasteiger partial charge is 0.396 e. The van der Waals surface area contributed by atoms with Gasteiger partial charge in [0.1, 0.15) is 0 Å². The summed E-state index contributed by atoms with van der Waals surface area (Å²) in [5.74, 6) is 0. The Balaban J connectivity index is 4.00.